The van der Waals surface area contributed by atoms with Gasteiger partial charge in [0.05, 0.1) is 12.3 Å². The number of aryl methyl sites for hydroxylation is 4. The molecule has 4 rings (SSSR count). The van der Waals surface area contributed by atoms with Gasteiger partial charge in [-0.25, -0.2) is 0 Å². The fourth-order valence-electron chi connectivity index (χ4n) is 4.16. The summed E-state index contributed by atoms with van der Waals surface area (Å²) in [7, 11) is 0. The first-order valence-electron chi connectivity index (χ1n) is 11.4. The Labute approximate surface area is 191 Å². The normalized spacial score (nSPS) is 14.4. The van der Waals surface area contributed by atoms with E-state index in [1.807, 2.05) is 0 Å². The summed E-state index contributed by atoms with van der Waals surface area (Å²) in [5.74, 6) is 0.948. The van der Waals surface area contributed by atoms with Crippen molar-refractivity contribution in [1.29, 1.82) is 0 Å². The zero-order valence-corrected chi connectivity index (χ0v) is 19.6. The van der Waals surface area contributed by atoms with E-state index in [-0.39, 0.29) is 6.10 Å². The maximum absolute atomic E-state index is 9.18. The van der Waals surface area contributed by atoms with Crippen LogP contribution in [0, 0.1) is 13.8 Å². The molecule has 0 radical (unpaired) electrons. The number of hydrogen-bond donors (Lipinski definition) is 0. The van der Waals surface area contributed by atoms with Gasteiger partial charge in [0, 0.05) is 5.69 Å². The molecule has 0 bridgehead atoms. The number of carbonyl (C=O) groups is 1. The second-order valence-electron chi connectivity index (χ2n) is 8.09. The minimum atomic E-state index is 0.0978. The molecular formula is C28H33NO3. The van der Waals surface area contributed by atoms with Gasteiger partial charge in [0.1, 0.15) is 11.9 Å². The van der Waals surface area contributed by atoms with Crippen molar-refractivity contribution >= 4 is 6.47 Å². The number of nitrogens with zero attached hydrogens (tertiary/aromatic N) is 1. The molecule has 3 aromatic rings. The lowest BCUT2D eigenvalue weighted by atomic mass is 9.92. The Morgan fingerprint density at radius 2 is 1.81 bits per heavy atom. The minimum absolute atomic E-state index is 0.0978. The molecule has 168 valence electrons. The van der Waals surface area contributed by atoms with Gasteiger partial charge in [0.15, 0.2) is 0 Å². The van der Waals surface area contributed by atoms with Crippen LogP contribution < -0.4 is 4.74 Å². The predicted molar refractivity (Wildman–Crippen MR) is 129 cm³/mol. The second-order valence-corrected chi connectivity index (χ2v) is 8.09. The molecule has 0 spiro atoms. The summed E-state index contributed by atoms with van der Waals surface area (Å²) in [6, 6.07) is 19.5. The number of fused-ring (bicyclic) bond motifs is 1. The highest BCUT2D eigenvalue weighted by molar-refractivity contribution is 5.71. The summed E-state index contributed by atoms with van der Waals surface area (Å²) >= 11 is 0. The molecule has 4 nitrogen and oxygen atoms in total. The molecule has 2 heterocycles. The van der Waals surface area contributed by atoms with Crippen molar-refractivity contribution in [3.05, 3.63) is 82.7 Å². The van der Waals surface area contributed by atoms with Crippen LogP contribution in [0.2, 0.25) is 0 Å². The molecule has 1 aromatic heterocycles. The molecule has 32 heavy (non-hydrogen) atoms. The number of ether oxygens (including phenoxy) is 2. The molecule has 0 N–H and O–H groups in total. The van der Waals surface area contributed by atoms with Crippen molar-refractivity contribution in [3.63, 3.8) is 0 Å². The summed E-state index contributed by atoms with van der Waals surface area (Å²) in [6.07, 6.45) is 4.21. The Kier molecular flexibility index (Phi) is 8.43. The van der Waals surface area contributed by atoms with Gasteiger partial charge in [-0.1, -0.05) is 49.7 Å². The first-order valence-corrected chi connectivity index (χ1v) is 11.4. The molecular weight excluding hydrogens is 398 g/mol. The number of aromatic nitrogens is 1. The maximum atomic E-state index is 9.18. The van der Waals surface area contributed by atoms with Gasteiger partial charge in [-0.15, -0.1) is 0 Å². The summed E-state index contributed by atoms with van der Waals surface area (Å²) in [6.45, 7) is 9.22. The van der Waals surface area contributed by atoms with E-state index in [0.717, 1.165) is 37.1 Å². The summed E-state index contributed by atoms with van der Waals surface area (Å²) < 4.78 is 10.5. The lowest BCUT2D eigenvalue weighted by Gasteiger charge is -2.26. The lowest BCUT2D eigenvalue weighted by Crippen LogP contribution is -2.16. The molecule has 1 atom stereocenters. The monoisotopic (exact) mass is 431 g/mol. The maximum Gasteiger partial charge on any atom is 0.293 e. The van der Waals surface area contributed by atoms with Gasteiger partial charge in [0.25, 0.3) is 6.47 Å². The van der Waals surface area contributed by atoms with Crippen LogP contribution in [-0.4, -0.2) is 18.1 Å². The van der Waals surface area contributed by atoms with Gasteiger partial charge in [-0.3, -0.25) is 9.78 Å². The van der Waals surface area contributed by atoms with E-state index in [9.17, 15) is 4.79 Å². The summed E-state index contributed by atoms with van der Waals surface area (Å²) in [5, 5.41) is 0. The number of benzene rings is 2. The molecule has 0 aliphatic carbocycles. The molecule has 0 fully saturated rings. The fourth-order valence-corrected chi connectivity index (χ4v) is 4.16. The Bertz CT molecular complexity index is 1020. The third-order valence-corrected chi connectivity index (χ3v) is 5.67. The largest absolute Gasteiger partial charge is 0.484 e. The summed E-state index contributed by atoms with van der Waals surface area (Å²) in [5.41, 5.74) is 8.77. The van der Waals surface area contributed by atoms with E-state index >= 15 is 0 Å². The summed E-state index contributed by atoms with van der Waals surface area (Å²) in [4.78, 5) is 14.0. The van der Waals surface area contributed by atoms with Crippen LogP contribution in [0.25, 0.3) is 11.1 Å². The average Bonchev–Trinajstić information content (AvgIpc) is 2.80. The van der Waals surface area contributed by atoms with E-state index in [1.165, 1.54) is 33.5 Å². The Hall–Kier alpha value is -3.14. The standard InChI is InChI=1S/C25H27NO.C3H6O2/c1-4-7-21-12-14-24-22(26-21)13-15-23(27-24)19-10-6-11-20(16-19)25-17(2)8-5-9-18(25)3;1-2-5-3-4/h5-6,8-12,14,16,23H,4,7,13,15H2,1-3H3;3H,2H2,1H3. The van der Waals surface area contributed by atoms with Gasteiger partial charge in [-0.05, 0) is 86.1 Å². The van der Waals surface area contributed by atoms with Crippen molar-refractivity contribution in [3.8, 4) is 16.9 Å². The van der Waals surface area contributed by atoms with Crippen LogP contribution in [0.4, 0.5) is 0 Å². The highest BCUT2D eigenvalue weighted by Crippen LogP contribution is 2.36. The fraction of sp³-hybridized carbons (Fsp3) is 0.357. The van der Waals surface area contributed by atoms with Crippen molar-refractivity contribution in [2.45, 2.75) is 59.5 Å². The van der Waals surface area contributed by atoms with E-state index in [4.69, 9.17) is 9.72 Å². The van der Waals surface area contributed by atoms with E-state index < -0.39 is 0 Å². The molecule has 1 aliphatic rings. The second kappa shape index (κ2) is 11.5. The lowest BCUT2D eigenvalue weighted by molar-refractivity contribution is -0.128. The quantitative estimate of drug-likeness (QED) is 0.415. The predicted octanol–water partition coefficient (Wildman–Crippen LogP) is 6.56. The Morgan fingerprint density at radius 3 is 2.47 bits per heavy atom. The third-order valence-electron chi connectivity index (χ3n) is 5.67. The van der Waals surface area contributed by atoms with Gasteiger partial charge >= 0.3 is 0 Å². The van der Waals surface area contributed by atoms with E-state index in [0.29, 0.717) is 13.1 Å². The van der Waals surface area contributed by atoms with Crippen LogP contribution in [0.15, 0.2) is 54.6 Å². The van der Waals surface area contributed by atoms with Gasteiger partial charge in [-0.2, -0.15) is 0 Å². The average molecular weight is 432 g/mol. The molecule has 0 saturated carbocycles. The molecule has 1 aliphatic heterocycles. The zero-order valence-electron chi connectivity index (χ0n) is 19.6. The molecule has 2 aromatic carbocycles. The van der Waals surface area contributed by atoms with Crippen molar-refractivity contribution in [2.24, 2.45) is 0 Å². The Balaban J connectivity index is 0.000000523. The van der Waals surface area contributed by atoms with Crippen molar-refractivity contribution < 1.29 is 14.3 Å². The minimum Gasteiger partial charge on any atom is -0.484 e. The first-order chi connectivity index (χ1) is 15.6. The van der Waals surface area contributed by atoms with Crippen LogP contribution >= 0.6 is 0 Å². The van der Waals surface area contributed by atoms with Crippen LogP contribution in [-0.2, 0) is 22.4 Å². The van der Waals surface area contributed by atoms with Crippen LogP contribution in [0.1, 0.15) is 60.9 Å². The molecule has 4 heteroatoms. The van der Waals surface area contributed by atoms with Crippen LogP contribution in [0.5, 0.6) is 5.75 Å². The topological polar surface area (TPSA) is 48.4 Å². The van der Waals surface area contributed by atoms with Crippen LogP contribution in [0.3, 0.4) is 0 Å². The van der Waals surface area contributed by atoms with E-state index in [2.05, 4.69) is 80.1 Å². The number of pyridine rings is 1. The molecule has 0 saturated heterocycles. The molecule has 0 amide bonds. The number of carbonyl (C=O) groups excluding carboxylic acids is 1. The zero-order chi connectivity index (χ0) is 22.9. The smallest absolute Gasteiger partial charge is 0.293 e. The SMILES string of the molecule is CCCc1ccc2c(n1)CCC(c1cccc(-c3c(C)cccc3C)c1)O2.CCOC=O. The van der Waals surface area contributed by atoms with E-state index in [1.54, 1.807) is 6.92 Å². The molecule has 1 unspecified atom stereocenters. The highest BCUT2D eigenvalue weighted by Gasteiger charge is 2.23. The van der Waals surface area contributed by atoms with Crippen molar-refractivity contribution in [1.82, 2.24) is 4.98 Å². The Morgan fingerprint density at radius 1 is 1.06 bits per heavy atom. The first kappa shape index (κ1) is 23.5. The number of hydrogen-bond acceptors (Lipinski definition) is 4. The third kappa shape index (κ3) is 5.76. The van der Waals surface area contributed by atoms with Gasteiger partial charge in [0.2, 0.25) is 0 Å². The number of rotatable bonds is 6. The highest BCUT2D eigenvalue weighted by atomic mass is 16.5. The van der Waals surface area contributed by atoms with Crippen molar-refractivity contribution in [2.75, 3.05) is 6.61 Å². The van der Waals surface area contributed by atoms with Gasteiger partial charge < -0.3 is 9.47 Å².